The number of anilines is 1. The molecule has 6 rings (SSSR count). The molecule has 6 heteroatoms. The van der Waals surface area contributed by atoms with Crippen molar-refractivity contribution in [3.8, 4) is 5.75 Å². The number of nitrogens with zero attached hydrogens (tertiary/aromatic N) is 4. The summed E-state index contributed by atoms with van der Waals surface area (Å²) in [6, 6.07) is 16.9. The number of piperidine rings is 1. The maximum absolute atomic E-state index is 6.15. The summed E-state index contributed by atoms with van der Waals surface area (Å²) in [7, 11) is 0. The SMILES string of the molecule is Cc1[nH]cnc1C1CCN(c2nc3cccc4c3n2[C@H](c2ccccc2)CO4)CC1. The Labute approximate surface area is 175 Å². The van der Waals surface area contributed by atoms with Gasteiger partial charge in [-0.05, 0) is 37.5 Å². The minimum absolute atomic E-state index is 0.132. The van der Waals surface area contributed by atoms with Gasteiger partial charge in [-0.2, -0.15) is 0 Å². The van der Waals surface area contributed by atoms with Crippen molar-refractivity contribution in [3.05, 3.63) is 71.8 Å². The number of hydrogen-bond acceptors (Lipinski definition) is 4. The first-order valence-electron chi connectivity index (χ1n) is 10.7. The van der Waals surface area contributed by atoms with Crippen LogP contribution >= 0.6 is 0 Å². The van der Waals surface area contributed by atoms with E-state index in [9.17, 15) is 0 Å². The van der Waals surface area contributed by atoms with E-state index in [1.54, 1.807) is 0 Å². The Morgan fingerprint density at radius 3 is 2.63 bits per heavy atom. The molecule has 0 bridgehead atoms. The number of aromatic amines is 1. The number of ether oxygens (including phenoxy) is 1. The zero-order chi connectivity index (χ0) is 20.1. The second-order valence-electron chi connectivity index (χ2n) is 8.32. The molecular formula is C24H25N5O. The molecule has 0 saturated carbocycles. The van der Waals surface area contributed by atoms with E-state index < -0.39 is 0 Å². The van der Waals surface area contributed by atoms with E-state index in [-0.39, 0.29) is 6.04 Å². The molecule has 0 unspecified atom stereocenters. The number of aryl methyl sites for hydroxylation is 1. The van der Waals surface area contributed by atoms with Crippen LogP contribution in [0.15, 0.2) is 54.9 Å². The molecule has 2 aromatic heterocycles. The lowest BCUT2D eigenvalue weighted by atomic mass is 9.92. The summed E-state index contributed by atoms with van der Waals surface area (Å²) in [5, 5.41) is 0. The van der Waals surface area contributed by atoms with Gasteiger partial charge in [0, 0.05) is 24.7 Å². The van der Waals surface area contributed by atoms with Gasteiger partial charge in [0.25, 0.3) is 0 Å². The summed E-state index contributed by atoms with van der Waals surface area (Å²) < 4.78 is 8.56. The predicted molar refractivity (Wildman–Crippen MR) is 117 cm³/mol. The number of benzene rings is 2. The van der Waals surface area contributed by atoms with Crippen molar-refractivity contribution in [1.29, 1.82) is 0 Å². The first-order valence-corrected chi connectivity index (χ1v) is 10.7. The van der Waals surface area contributed by atoms with E-state index in [1.165, 1.54) is 17.0 Å². The number of imidazole rings is 2. The van der Waals surface area contributed by atoms with Crippen molar-refractivity contribution in [2.75, 3.05) is 24.6 Å². The molecule has 4 aromatic rings. The maximum Gasteiger partial charge on any atom is 0.207 e. The first kappa shape index (κ1) is 17.6. The average molecular weight is 399 g/mol. The van der Waals surface area contributed by atoms with E-state index in [0.717, 1.165) is 48.7 Å². The third-order valence-corrected chi connectivity index (χ3v) is 6.58. The van der Waals surface area contributed by atoms with Crippen LogP contribution in [0.2, 0.25) is 0 Å². The standard InChI is InChI=1S/C24H25N5O/c1-16-22(26-15-25-16)18-10-12-28(13-11-18)24-27-19-8-5-9-21-23(19)29(24)20(14-30-21)17-6-3-2-4-7-17/h2-9,15,18,20H,10-14H2,1H3,(H,25,26)/t20-/m0/s1. The van der Waals surface area contributed by atoms with Crippen molar-refractivity contribution in [3.63, 3.8) is 0 Å². The largest absolute Gasteiger partial charge is 0.489 e. The Morgan fingerprint density at radius 1 is 1.03 bits per heavy atom. The molecule has 2 aromatic carbocycles. The van der Waals surface area contributed by atoms with Gasteiger partial charge >= 0.3 is 0 Å². The molecule has 0 amide bonds. The smallest absolute Gasteiger partial charge is 0.207 e. The van der Waals surface area contributed by atoms with Gasteiger partial charge in [0.2, 0.25) is 5.95 Å². The second kappa shape index (κ2) is 6.90. The number of aromatic nitrogens is 4. The van der Waals surface area contributed by atoms with Crippen molar-refractivity contribution in [2.24, 2.45) is 0 Å². The predicted octanol–water partition coefficient (Wildman–Crippen LogP) is 4.43. The lowest BCUT2D eigenvalue weighted by Crippen LogP contribution is -2.36. The molecule has 1 N–H and O–H groups in total. The molecule has 1 fully saturated rings. The summed E-state index contributed by atoms with van der Waals surface area (Å²) in [6.07, 6.45) is 4.00. The maximum atomic E-state index is 6.15. The van der Waals surface area contributed by atoms with E-state index in [4.69, 9.17) is 9.72 Å². The van der Waals surface area contributed by atoms with Crippen LogP contribution in [0, 0.1) is 6.92 Å². The number of hydrogen-bond donors (Lipinski definition) is 1. The fourth-order valence-corrected chi connectivity index (χ4v) is 5.04. The average Bonchev–Trinajstić information content (AvgIpc) is 3.40. The number of nitrogens with one attached hydrogen (secondary N) is 1. The molecule has 152 valence electrons. The highest BCUT2D eigenvalue weighted by Gasteiger charge is 2.32. The fraction of sp³-hybridized carbons (Fsp3) is 0.333. The van der Waals surface area contributed by atoms with Crippen LogP contribution in [0.1, 0.15) is 41.8 Å². The molecule has 0 spiro atoms. The Hall–Kier alpha value is -3.28. The van der Waals surface area contributed by atoms with Gasteiger partial charge in [-0.3, -0.25) is 4.57 Å². The molecule has 0 radical (unpaired) electrons. The van der Waals surface area contributed by atoms with Gasteiger partial charge in [-0.15, -0.1) is 0 Å². The minimum atomic E-state index is 0.132. The topological polar surface area (TPSA) is 59.0 Å². The highest BCUT2D eigenvalue weighted by Crippen LogP contribution is 2.40. The highest BCUT2D eigenvalue weighted by atomic mass is 16.5. The Bertz CT molecular complexity index is 1190. The zero-order valence-electron chi connectivity index (χ0n) is 17.1. The molecule has 2 aliphatic heterocycles. The van der Waals surface area contributed by atoms with E-state index in [1.807, 2.05) is 12.4 Å². The number of rotatable bonds is 3. The van der Waals surface area contributed by atoms with E-state index in [2.05, 4.69) is 68.8 Å². The molecule has 4 heterocycles. The van der Waals surface area contributed by atoms with E-state index >= 15 is 0 Å². The van der Waals surface area contributed by atoms with Crippen molar-refractivity contribution in [2.45, 2.75) is 31.7 Å². The van der Waals surface area contributed by atoms with E-state index in [0.29, 0.717) is 12.5 Å². The Kier molecular flexibility index (Phi) is 4.04. The monoisotopic (exact) mass is 399 g/mol. The third kappa shape index (κ3) is 2.70. The number of para-hydroxylation sites is 1. The molecule has 6 nitrogen and oxygen atoms in total. The van der Waals surface area contributed by atoms with Crippen LogP contribution in [0.4, 0.5) is 5.95 Å². The summed E-state index contributed by atoms with van der Waals surface area (Å²) in [4.78, 5) is 15.3. The van der Waals surface area contributed by atoms with Crippen molar-refractivity contribution >= 4 is 17.0 Å². The molecule has 1 saturated heterocycles. The summed E-state index contributed by atoms with van der Waals surface area (Å²) in [6.45, 7) is 4.71. The Balaban J connectivity index is 1.38. The normalized spacial score (nSPS) is 19.2. The zero-order valence-corrected chi connectivity index (χ0v) is 17.1. The minimum Gasteiger partial charge on any atom is -0.489 e. The summed E-state index contributed by atoms with van der Waals surface area (Å²) in [5.41, 5.74) is 5.80. The lowest BCUT2D eigenvalue weighted by molar-refractivity contribution is 0.259. The van der Waals surface area contributed by atoms with Crippen molar-refractivity contribution in [1.82, 2.24) is 19.5 Å². The summed E-state index contributed by atoms with van der Waals surface area (Å²) >= 11 is 0. The first-order chi connectivity index (χ1) is 14.8. The van der Waals surface area contributed by atoms with Crippen LogP contribution in [-0.2, 0) is 0 Å². The highest BCUT2D eigenvalue weighted by molar-refractivity contribution is 5.86. The Morgan fingerprint density at radius 2 is 1.87 bits per heavy atom. The van der Waals surface area contributed by atoms with Crippen molar-refractivity contribution < 1.29 is 4.74 Å². The van der Waals surface area contributed by atoms with Gasteiger partial charge in [-0.25, -0.2) is 9.97 Å². The fourth-order valence-electron chi connectivity index (χ4n) is 5.04. The third-order valence-electron chi connectivity index (χ3n) is 6.58. The van der Waals surface area contributed by atoms with Gasteiger partial charge in [0.1, 0.15) is 17.9 Å². The van der Waals surface area contributed by atoms with Gasteiger partial charge in [-0.1, -0.05) is 36.4 Å². The van der Waals surface area contributed by atoms with Crippen LogP contribution in [-0.4, -0.2) is 39.2 Å². The molecule has 0 aliphatic carbocycles. The van der Waals surface area contributed by atoms with Crippen LogP contribution in [0.3, 0.4) is 0 Å². The van der Waals surface area contributed by atoms with Gasteiger partial charge < -0.3 is 14.6 Å². The lowest BCUT2D eigenvalue weighted by Gasteiger charge is -2.35. The second-order valence-corrected chi connectivity index (χ2v) is 8.32. The van der Waals surface area contributed by atoms with Crippen LogP contribution in [0.5, 0.6) is 5.75 Å². The molecular weight excluding hydrogens is 374 g/mol. The number of H-pyrrole nitrogens is 1. The van der Waals surface area contributed by atoms with Gasteiger partial charge in [0.15, 0.2) is 0 Å². The van der Waals surface area contributed by atoms with Gasteiger partial charge in [0.05, 0.1) is 23.6 Å². The summed E-state index contributed by atoms with van der Waals surface area (Å²) in [5.74, 6) is 2.51. The van der Waals surface area contributed by atoms with Crippen LogP contribution in [0.25, 0.3) is 11.0 Å². The molecule has 2 aliphatic rings. The van der Waals surface area contributed by atoms with Crippen LogP contribution < -0.4 is 9.64 Å². The molecule has 1 atom stereocenters. The quantitative estimate of drug-likeness (QED) is 0.554. The molecule has 30 heavy (non-hydrogen) atoms.